The molecule has 19 heavy (non-hydrogen) atoms. The molecule has 0 radical (unpaired) electrons. The maximum Gasteiger partial charge on any atom is 0.272 e. The average molecular weight is 261 g/mol. The van der Waals surface area contributed by atoms with Crippen molar-refractivity contribution in [1.29, 1.82) is 0 Å². The molecule has 1 amide bonds. The number of anilines is 1. The first-order valence-electron chi connectivity index (χ1n) is 7.14. The van der Waals surface area contributed by atoms with Crippen molar-refractivity contribution in [2.75, 3.05) is 18.4 Å². The fourth-order valence-corrected chi connectivity index (χ4v) is 2.75. The molecule has 4 nitrogen and oxygen atoms in total. The maximum absolute atomic E-state index is 12.6. The molecule has 104 valence electrons. The molecule has 0 aliphatic carbocycles. The Morgan fingerprint density at radius 1 is 1.58 bits per heavy atom. The zero-order valence-electron chi connectivity index (χ0n) is 12.0. The van der Waals surface area contributed by atoms with Gasteiger partial charge in [-0.05, 0) is 37.8 Å². The maximum atomic E-state index is 12.6. The van der Waals surface area contributed by atoms with Gasteiger partial charge in [0.15, 0.2) is 0 Å². The molecule has 1 saturated heterocycles. The lowest BCUT2D eigenvalue weighted by Crippen LogP contribution is -2.38. The molecule has 1 N–H and O–H groups in total. The van der Waals surface area contributed by atoms with Gasteiger partial charge in [0.2, 0.25) is 0 Å². The minimum absolute atomic E-state index is 0.0657. The molecule has 4 heteroatoms. The second-order valence-electron chi connectivity index (χ2n) is 5.41. The van der Waals surface area contributed by atoms with Crippen molar-refractivity contribution in [3.8, 4) is 0 Å². The summed E-state index contributed by atoms with van der Waals surface area (Å²) in [5.41, 5.74) is 1.51. The number of likely N-dealkylation sites (tertiary alicyclic amines) is 1. The van der Waals surface area contributed by atoms with E-state index in [0.29, 0.717) is 17.7 Å². The fourth-order valence-electron chi connectivity index (χ4n) is 2.75. The highest BCUT2D eigenvalue weighted by molar-refractivity contribution is 5.93. The van der Waals surface area contributed by atoms with E-state index in [4.69, 9.17) is 0 Å². The van der Waals surface area contributed by atoms with Gasteiger partial charge in [-0.3, -0.25) is 9.78 Å². The number of rotatable bonds is 4. The van der Waals surface area contributed by atoms with Gasteiger partial charge in [0.05, 0.1) is 0 Å². The van der Waals surface area contributed by atoms with E-state index in [1.807, 2.05) is 24.0 Å². The number of pyridine rings is 1. The first-order chi connectivity index (χ1) is 9.13. The van der Waals surface area contributed by atoms with Gasteiger partial charge in [-0.25, -0.2) is 0 Å². The van der Waals surface area contributed by atoms with Gasteiger partial charge in [0, 0.05) is 31.0 Å². The van der Waals surface area contributed by atoms with Gasteiger partial charge in [-0.2, -0.15) is 0 Å². The Balaban J connectivity index is 2.16. The Bertz CT molecular complexity index is 445. The molecule has 1 aliphatic heterocycles. The molecule has 1 aromatic rings. The van der Waals surface area contributed by atoms with E-state index < -0.39 is 0 Å². The molecule has 1 fully saturated rings. The number of amides is 1. The van der Waals surface area contributed by atoms with E-state index in [0.717, 1.165) is 31.6 Å². The Morgan fingerprint density at radius 3 is 3.05 bits per heavy atom. The van der Waals surface area contributed by atoms with Crippen LogP contribution in [-0.4, -0.2) is 34.9 Å². The van der Waals surface area contributed by atoms with Crippen molar-refractivity contribution in [3.05, 3.63) is 24.0 Å². The van der Waals surface area contributed by atoms with Crippen molar-refractivity contribution in [2.24, 2.45) is 5.92 Å². The zero-order valence-corrected chi connectivity index (χ0v) is 12.0. The number of hydrogen-bond donors (Lipinski definition) is 1. The third-order valence-electron chi connectivity index (χ3n) is 3.69. The van der Waals surface area contributed by atoms with Gasteiger partial charge in [-0.1, -0.05) is 13.8 Å². The molecule has 1 unspecified atom stereocenters. The molecule has 0 saturated carbocycles. The highest BCUT2D eigenvalue weighted by Crippen LogP contribution is 2.25. The van der Waals surface area contributed by atoms with Crippen molar-refractivity contribution in [1.82, 2.24) is 9.88 Å². The topological polar surface area (TPSA) is 45.2 Å². The number of carbonyl (C=O) groups excluding carboxylic acids is 1. The summed E-state index contributed by atoms with van der Waals surface area (Å²) in [5, 5.41) is 3.22. The Morgan fingerprint density at radius 2 is 2.37 bits per heavy atom. The second kappa shape index (κ2) is 6.04. The van der Waals surface area contributed by atoms with E-state index in [2.05, 4.69) is 24.1 Å². The SMILES string of the molecule is CCNc1ccnc(C(=O)N2CCCC2C(C)C)c1. The van der Waals surface area contributed by atoms with Crippen molar-refractivity contribution in [2.45, 2.75) is 39.7 Å². The average Bonchev–Trinajstić information content (AvgIpc) is 2.88. The molecule has 1 atom stereocenters. The smallest absolute Gasteiger partial charge is 0.272 e. The zero-order chi connectivity index (χ0) is 13.8. The van der Waals surface area contributed by atoms with Crippen molar-refractivity contribution < 1.29 is 4.79 Å². The molecule has 1 aromatic heterocycles. The van der Waals surface area contributed by atoms with E-state index in [1.54, 1.807) is 6.20 Å². The summed E-state index contributed by atoms with van der Waals surface area (Å²) in [4.78, 5) is 18.8. The third kappa shape index (κ3) is 3.06. The van der Waals surface area contributed by atoms with Gasteiger partial charge >= 0.3 is 0 Å². The van der Waals surface area contributed by atoms with Gasteiger partial charge in [-0.15, -0.1) is 0 Å². The van der Waals surface area contributed by atoms with Crippen LogP contribution in [0.1, 0.15) is 44.1 Å². The molecule has 0 bridgehead atoms. The lowest BCUT2D eigenvalue weighted by molar-refractivity contribution is 0.0695. The quantitative estimate of drug-likeness (QED) is 0.906. The van der Waals surface area contributed by atoms with Crippen LogP contribution in [-0.2, 0) is 0 Å². The van der Waals surface area contributed by atoms with E-state index in [9.17, 15) is 4.79 Å². The van der Waals surface area contributed by atoms with Crippen LogP contribution in [0.25, 0.3) is 0 Å². The molecular formula is C15H23N3O. The standard InChI is InChI=1S/C15H23N3O/c1-4-16-12-7-8-17-13(10-12)15(19)18-9-5-6-14(18)11(2)3/h7-8,10-11,14H,4-6,9H2,1-3H3,(H,16,17). The fraction of sp³-hybridized carbons (Fsp3) is 0.600. The molecule has 0 aromatic carbocycles. The van der Waals surface area contributed by atoms with Crippen LogP contribution in [0.2, 0.25) is 0 Å². The third-order valence-corrected chi connectivity index (χ3v) is 3.69. The highest BCUT2D eigenvalue weighted by atomic mass is 16.2. The van der Waals surface area contributed by atoms with E-state index in [1.165, 1.54) is 0 Å². The second-order valence-corrected chi connectivity index (χ2v) is 5.41. The predicted octanol–water partition coefficient (Wildman–Crippen LogP) is 2.77. The Labute approximate surface area is 115 Å². The van der Waals surface area contributed by atoms with Crippen LogP contribution in [0.5, 0.6) is 0 Å². The summed E-state index contributed by atoms with van der Waals surface area (Å²) >= 11 is 0. The van der Waals surface area contributed by atoms with Crippen LogP contribution < -0.4 is 5.32 Å². The first-order valence-corrected chi connectivity index (χ1v) is 7.14. The monoisotopic (exact) mass is 261 g/mol. The van der Waals surface area contributed by atoms with Crippen LogP contribution in [0.3, 0.4) is 0 Å². The summed E-state index contributed by atoms with van der Waals surface area (Å²) in [5.74, 6) is 0.569. The lowest BCUT2D eigenvalue weighted by Gasteiger charge is -2.27. The summed E-state index contributed by atoms with van der Waals surface area (Å²) in [6.45, 7) is 8.10. The van der Waals surface area contributed by atoms with Gasteiger partial charge in [0.25, 0.3) is 5.91 Å². The first kappa shape index (κ1) is 13.8. The normalized spacial score (nSPS) is 18.9. The Hall–Kier alpha value is -1.58. The Kier molecular flexibility index (Phi) is 4.40. The van der Waals surface area contributed by atoms with Gasteiger partial charge in [0.1, 0.15) is 5.69 Å². The predicted molar refractivity (Wildman–Crippen MR) is 77.3 cm³/mol. The molecule has 2 rings (SSSR count). The summed E-state index contributed by atoms with van der Waals surface area (Å²) < 4.78 is 0. The van der Waals surface area contributed by atoms with Crippen LogP contribution in [0.4, 0.5) is 5.69 Å². The summed E-state index contributed by atoms with van der Waals surface area (Å²) in [6, 6.07) is 4.10. The minimum Gasteiger partial charge on any atom is -0.385 e. The van der Waals surface area contributed by atoms with Crippen molar-refractivity contribution in [3.63, 3.8) is 0 Å². The highest BCUT2D eigenvalue weighted by Gasteiger charge is 2.31. The number of nitrogens with zero attached hydrogens (tertiary/aromatic N) is 2. The lowest BCUT2D eigenvalue weighted by atomic mass is 10.0. The van der Waals surface area contributed by atoms with Crippen molar-refractivity contribution >= 4 is 11.6 Å². The van der Waals surface area contributed by atoms with Crippen LogP contribution >= 0.6 is 0 Å². The molecule has 2 heterocycles. The minimum atomic E-state index is 0.0657. The van der Waals surface area contributed by atoms with Gasteiger partial charge < -0.3 is 10.2 Å². The van der Waals surface area contributed by atoms with E-state index in [-0.39, 0.29) is 5.91 Å². The molecule has 1 aliphatic rings. The van der Waals surface area contributed by atoms with Crippen LogP contribution in [0, 0.1) is 5.92 Å². The van der Waals surface area contributed by atoms with Crippen LogP contribution in [0.15, 0.2) is 18.3 Å². The summed E-state index contributed by atoms with van der Waals surface area (Å²) in [6.07, 6.45) is 3.91. The number of hydrogen-bond acceptors (Lipinski definition) is 3. The van der Waals surface area contributed by atoms with E-state index >= 15 is 0 Å². The number of aromatic nitrogens is 1. The molecule has 0 spiro atoms. The largest absolute Gasteiger partial charge is 0.385 e. The summed E-state index contributed by atoms with van der Waals surface area (Å²) in [7, 11) is 0. The number of nitrogens with one attached hydrogen (secondary N) is 1. The molecular weight excluding hydrogens is 238 g/mol. The number of carbonyl (C=O) groups is 1.